The Balaban J connectivity index is 1.42. The molecule has 1 N–H and O–H groups in total. The standard InChI is InChI=1S/C27H25ClFN3O2/c1-17-8-13-23(28)25(14-17)34-16-20-9-11-21(12-10-20)27(33)30-26-18(2)31-32(19(26)3)15-22-6-4-5-7-24(22)29/h4-14H,15-16H2,1-3H3,(H,30,33). The zero-order valence-electron chi connectivity index (χ0n) is 19.2. The molecule has 0 saturated carbocycles. The predicted octanol–water partition coefficient (Wildman–Crippen LogP) is 6.48. The number of carbonyl (C=O) groups excluding carboxylic acids is 1. The molecule has 4 aromatic rings. The molecule has 5 nitrogen and oxygen atoms in total. The molecule has 0 atom stereocenters. The second-order valence-electron chi connectivity index (χ2n) is 8.17. The molecule has 1 amide bonds. The summed E-state index contributed by atoms with van der Waals surface area (Å²) in [6, 6.07) is 19.4. The van der Waals surface area contributed by atoms with Gasteiger partial charge in [0.1, 0.15) is 18.2 Å². The highest BCUT2D eigenvalue weighted by Crippen LogP contribution is 2.26. The van der Waals surface area contributed by atoms with Gasteiger partial charge in [0, 0.05) is 11.1 Å². The van der Waals surface area contributed by atoms with E-state index in [4.69, 9.17) is 16.3 Å². The fourth-order valence-electron chi connectivity index (χ4n) is 3.64. The second kappa shape index (κ2) is 10.1. The van der Waals surface area contributed by atoms with Crippen molar-refractivity contribution in [3.63, 3.8) is 0 Å². The number of nitrogens with one attached hydrogen (secondary N) is 1. The van der Waals surface area contributed by atoms with Gasteiger partial charge in [-0.05, 0) is 62.2 Å². The molecule has 34 heavy (non-hydrogen) atoms. The number of amides is 1. The molecule has 0 fully saturated rings. The fraction of sp³-hybridized carbons (Fsp3) is 0.185. The van der Waals surface area contributed by atoms with E-state index in [2.05, 4.69) is 10.4 Å². The molecule has 0 aliphatic rings. The average Bonchev–Trinajstić information content (AvgIpc) is 3.08. The molecule has 0 unspecified atom stereocenters. The Labute approximate surface area is 203 Å². The summed E-state index contributed by atoms with van der Waals surface area (Å²) in [5.41, 5.74) is 5.08. The monoisotopic (exact) mass is 477 g/mol. The number of anilines is 1. The van der Waals surface area contributed by atoms with Gasteiger partial charge in [-0.1, -0.05) is 48.0 Å². The highest BCUT2D eigenvalue weighted by Gasteiger charge is 2.16. The highest BCUT2D eigenvalue weighted by molar-refractivity contribution is 6.32. The van der Waals surface area contributed by atoms with Gasteiger partial charge in [-0.15, -0.1) is 0 Å². The van der Waals surface area contributed by atoms with Gasteiger partial charge in [-0.3, -0.25) is 9.48 Å². The Morgan fingerprint density at radius 1 is 1.06 bits per heavy atom. The number of benzene rings is 3. The number of hydrogen-bond donors (Lipinski definition) is 1. The van der Waals surface area contributed by atoms with Gasteiger partial charge >= 0.3 is 0 Å². The Kier molecular flexibility index (Phi) is 6.98. The van der Waals surface area contributed by atoms with Gasteiger partial charge < -0.3 is 10.1 Å². The lowest BCUT2D eigenvalue weighted by Crippen LogP contribution is -2.13. The van der Waals surface area contributed by atoms with Gasteiger partial charge in [0.2, 0.25) is 0 Å². The molecule has 0 aliphatic carbocycles. The molecule has 1 aromatic heterocycles. The molecule has 0 bridgehead atoms. The first kappa shape index (κ1) is 23.5. The summed E-state index contributed by atoms with van der Waals surface area (Å²) < 4.78 is 21.6. The third-order valence-corrected chi connectivity index (χ3v) is 5.91. The van der Waals surface area contributed by atoms with Crippen molar-refractivity contribution in [2.24, 2.45) is 0 Å². The minimum atomic E-state index is -0.283. The van der Waals surface area contributed by atoms with Gasteiger partial charge in [-0.25, -0.2) is 4.39 Å². The van der Waals surface area contributed by atoms with Crippen LogP contribution in [0.4, 0.5) is 10.1 Å². The number of carbonyl (C=O) groups is 1. The van der Waals surface area contributed by atoms with Crippen LogP contribution in [0.15, 0.2) is 66.7 Å². The van der Waals surface area contributed by atoms with E-state index in [0.29, 0.717) is 39.9 Å². The first-order valence-electron chi connectivity index (χ1n) is 10.9. The molecular formula is C27H25ClFN3O2. The maximum Gasteiger partial charge on any atom is 0.255 e. The fourth-order valence-corrected chi connectivity index (χ4v) is 3.81. The van der Waals surface area contributed by atoms with Crippen molar-refractivity contribution in [2.45, 2.75) is 33.9 Å². The zero-order valence-corrected chi connectivity index (χ0v) is 20.0. The normalized spacial score (nSPS) is 10.9. The van der Waals surface area contributed by atoms with Crippen LogP contribution in [0.5, 0.6) is 5.75 Å². The van der Waals surface area contributed by atoms with Crippen molar-refractivity contribution in [1.82, 2.24) is 9.78 Å². The molecule has 7 heteroatoms. The third-order valence-electron chi connectivity index (χ3n) is 5.60. The van der Waals surface area contributed by atoms with Crippen LogP contribution in [0.1, 0.15) is 38.4 Å². The second-order valence-corrected chi connectivity index (χ2v) is 8.58. The number of aryl methyl sites for hydroxylation is 2. The third kappa shape index (κ3) is 5.29. The Hall–Kier alpha value is -3.64. The van der Waals surface area contributed by atoms with E-state index in [0.717, 1.165) is 16.8 Å². The first-order chi connectivity index (χ1) is 16.3. The number of halogens is 2. The van der Waals surface area contributed by atoms with Gasteiger partial charge in [0.15, 0.2) is 0 Å². The summed E-state index contributed by atoms with van der Waals surface area (Å²) in [4.78, 5) is 12.9. The van der Waals surface area contributed by atoms with Crippen LogP contribution in [-0.2, 0) is 13.2 Å². The van der Waals surface area contributed by atoms with Crippen molar-refractivity contribution in [3.8, 4) is 5.75 Å². The molecular weight excluding hydrogens is 453 g/mol. The molecule has 0 spiro atoms. The smallest absolute Gasteiger partial charge is 0.255 e. The Bertz CT molecular complexity index is 1330. The highest BCUT2D eigenvalue weighted by atomic mass is 35.5. The van der Waals surface area contributed by atoms with Crippen molar-refractivity contribution in [2.75, 3.05) is 5.32 Å². The molecule has 0 saturated heterocycles. The summed E-state index contributed by atoms with van der Waals surface area (Å²) in [5.74, 6) is 0.0991. The number of rotatable bonds is 7. The summed E-state index contributed by atoms with van der Waals surface area (Å²) in [5, 5.41) is 7.98. The van der Waals surface area contributed by atoms with Crippen LogP contribution < -0.4 is 10.1 Å². The first-order valence-corrected chi connectivity index (χ1v) is 11.3. The van der Waals surface area contributed by atoms with E-state index in [-0.39, 0.29) is 18.3 Å². The zero-order chi connectivity index (χ0) is 24.2. The largest absolute Gasteiger partial charge is 0.487 e. The van der Waals surface area contributed by atoms with Crippen molar-refractivity contribution < 1.29 is 13.9 Å². The number of ether oxygens (including phenoxy) is 1. The SMILES string of the molecule is Cc1ccc(Cl)c(OCc2ccc(C(=O)Nc3c(C)nn(Cc4ccccc4F)c3C)cc2)c1. The van der Waals surface area contributed by atoms with E-state index in [9.17, 15) is 9.18 Å². The molecule has 3 aromatic carbocycles. The molecule has 174 valence electrons. The van der Waals surface area contributed by atoms with E-state index in [1.165, 1.54) is 6.07 Å². The van der Waals surface area contributed by atoms with Crippen LogP contribution in [-0.4, -0.2) is 15.7 Å². The lowest BCUT2D eigenvalue weighted by atomic mass is 10.1. The van der Waals surface area contributed by atoms with E-state index in [1.54, 1.807) is 35.0 Å². The van der Waals surface area contributed by atoms with Crippen molar-refractivity contribution in [3.05, 3.63) is 111 Å². The predicted molar refractivity (Wildman–Crippen MR) is 132 cm³/mol. The molecule has 0 aliphatic heterocycles. The van der Waals surface area contributed by atoms with Crippen molar-refractivity contribution >= 4 is 23.2 Å². The van der Waals surface area contributed by atoms with Crippen LogP contribution >= 0.6 is 11.6 Å². The maximum absolute atomic E-state index is 14.0. The van der Waals surface area contributed by atoms with Gasteiger partial charge in [0.25, 0.3) is 5.91 Å². The summed E-state index contributed by atoms with van der Waals surface area (Å²) in [6.07, 6.45) is 0. The lowest BCUT2D eigenvalue weighted by molar-refractivity contribution is 0.102. The maximum atomic E-state index is 14.0. The average molecular weight is 478 g/mol. The van der Waals surface area contributed by atoms with Crippen molar-refractivity contribution in [1.29, 1.82) is 0 Å². The van der Waals surface area contributed by atoms with E-state index >= 15 is 0 Å². The summed E-state index contributed by atoms with van der Waals surface area (Å²) in [6.45, 7) is 6.27. The molecule has 0 radical (unpaired) electrons. The molecule has 1 heterocycles. The lowest BCUT2D eigenvalue weighted by Gasteiger charge is -2.10. The number of hydrogen-bond acceptors (Lipinski definition) is 3. The quantitative estimate of drug-likeness (QED) is 0.331. The van der Waals surface area contributed by atoms with E-state index in [1.807, 2.05) is 51.1 Å². The van der Waals surface area contributed by atoms with Crippen LogP contribution in [0.25, 0.3) is 0 Å². The minimum absolute atomic E-state index is 0.245. The summed E-state index contributed by atoms with van der Waals surface area (Å²) in [7, 11) is 0. The Morgan fingerprint density at radius 3 is 2.53 bits per heavy atom. The minimum Gasteiger partial charge on any atom is -0.487 e. The summed E-state index contributed by atoms with van der Waals surface area (Å²) >= 11 is 6.18. The number of nitrogens with zero attached hydrogens (tertiary/aromatic N) is 2. The van der Waals surface area contributed by atoms with E-state index < -0.39 is 0 Å². The van der Waals surface area contributed by atoms with Crippen LogP contribution in [0.3, 0.4) is 0 Å². The Morgan fingerprint density at radius 2 is 1.79 bits per heavy atom. The van der Waals surface area contributed by atoms with Gasteiger partial charge in [-0.2, -0.15) is 5.10 Å². The van der Waals surface area contributed by atoms with Crippen LogP contribution in [0.2, 0.25) is 5.02 Å². The molecule has 4 rings (SSSR count). The number of aromatic nitrogens is 2. The van der Waals surface area contributed by atoms with Crippen LogP contribution in [0, 0.1) is 26.6 Å². The topological polar surface area (TPSA) is 56.1 Å². The van der Waals surface area contributed by atoms with Gasteiger partial charge in [0.05, 0.1) is 28.6 Å².